The van der Waals surface area contributed by atoms with Crippen LogP contribution in [0.2, 0.25) is 0 Å². The minimum Gasteiger partial charge on any atom is -0.292 e. The number of nitrogens with one attached hydrogen (secondary N) is 1. The molecule has 2 atom stereocenters. The first-order valence-electron chi connectivity index (χ1n) is 7.40. The molecule has 6 heteroatoms. The highest BCUT2D eigenvalue weighted by atomic mass is 16.6. The van der Waals surface area contributed by atoms with Crippen molar-refractivity contribution in [1.82, 2.24) is 0 Å². The van der Waals surface area contributed by atoms with Crippen molar-refractivity contribution in [3.63, 3.8) is 0 Å². The molecule has 1 aromatic rings. The van der Waals surface area contributed by atoms with Crippen LogP contribution in [0.5, 0.6) is 0 Å². The zero-order chi connectivity index (χ0) is 16.1. The van der Waals surface area contributed by atoms with Crippen molar-refractivity contribution in [1.29, 1.82) is 0 Å². The topological polar surface area (TPSA) is 84.6 Å². The smallest absolute Gasteiger partial charge is 0.269 e. The Morgan fingerprint density at radius 1 is 1.27 bits per heavy atom. The minimum absolute atomic E-state index is 0.0304. The van der Waals surface area contributed by atoms with E-state index in [1.807, 2.05) is 6.92 Å². The number of nitrogens with zero attached hydrogens (tertiary/aromatic N) is 2. The third-order valence-corrected chi connectivity index (χ3v) is 5.67. The summed E-state index contributed by atoms with van der Waals surface area (Å²) >= 11 is 0. The van der Waals surface area contributed by atoms with Gasteiger partial charge in [0.05, 0.1) is 10.6 Å². The number of anilines is 1. The summed E-state index contributed by atoms with van der Waals surface area (Å²) in [5.74, 6) is 0.304. The van der Waals surface area contributed by atoms with Crippen molar-refractivity contribution in [2.24, 2.45) is 21.8 Å². The first-order valence-corrected chi connectivity index (χ1v) is 7.40. The zero-order valence-corrected chi connectivity index (χ0v) is 12.9. The molecule has 0 saturated heterocycles. The van der Waals surface area contributed by atoms with Crippen LogP contribution in [0.1, 0.15) is 33.6 Å². The molecule has 0 radical (unpaired) electrons. The lowest BCUT2D eigenvalue weighted by molar-refractivity contribution is -0.384. The fraction of sp³-hybridized carbons (Fsp3) is 0.500. The first-order chi connectivity index (χ1) is 10.3. The van der Waals surface area contributed by atoms with Gasteiger partial charge in [0.2, 0.25) is 0 Å². The average Bonchev–Trinajstić information content (AvgIpc) is 2.78. The van der Waals surface area contributed by atoms with Crippen LogP contribution >= 0.6 is 0 Å². The molecule has 0 unspecified atom stereocenters. The lowest BCUT2D eigenvalue weighted by Gasteiger charge is -2.31. The number of carbonyl (C=O) groups is 1. The summed E-state index contributed by atoms with van der Waals surface area (Å²) in [5, 5.41) is 14.9. The van der Waals surface area contributed by atoms with Gasteiger partial charge < -0.3 is 0 Å². The Bertz CT molecular complexity index is 678. The molecular weight excluding hydrogens is 282 g/mol. The third-order valence-electron chi connectivity index (χ3n) is 5.67. The minimum atomic E-state index is -0.446. The molecule has 2 fully saturated rings. The molecule has 2 bridgehead atoms. The Balaban J connectivity index is 1.82. The van der Waals surface area contributed by atoms with Crippen molar-refractivity contribution in [3.8, 4) is 0 Å². The Kier molecular flexibility index (Phi) is 3.09. The van der Waals surface area contributed by atoms with Gasteiger partial charge in [-0.2, -0.15) is 5.10 Å². The van der Waals surface area contributed by atoms with E-state index >= 15 is 0 Å². The summed E-state index contributed by atoms with van der Waals surface area (Å²) in [6.07, 6.45) is 1.90. The molecule has 116 valence electrons. The lowest BCUT2D eigenvalue weighted by Crippen LogP contribution is -2.33. The van der Waals surface area contributed by atoms with Gasteiger partial charge in [0, 0.05) is 23.5 Å². The maximum atomic E-state index is 12.6. The lowest BCUT2D eigenvalue weighted by atomic mass is 9.70. The van der Waals surface area contributed by atoms with E-state index in [9.17, 15) is 14.9 Å². The summed E-state index contributed by atoms with van der Waals surface area (Å²) < 4.78 is 0. The molecular formula is C16H19N3O3. The fourth-order valence-corrected chi connectivity index (χ4v) is 3.74. The molecule has 2 aliphatic carbocycles. The number of hydrazone groups is 1. The van der Waals surface area contributed by atoms with E-state index < -0.39 is 4.92 Å². The third kappa shape index (κ3) is 1.86. The number of hydrogen-bond donors (Lipinski definition) is 1. The highest BCUT2D eigenvalue weighted by Gasteiger charge is 2.65. The Hall–Kier alpha value is -2.24. The molecule has 0 aliphatic heterocycles. The van der Waals surface area contributed by atoms with E-state index in [4.69, 9.17) is 0 Å². The van der Waals surface area contributed by atoms with Crippen LogP contribution in [0, 0.1) is 26.9 Å². The van der Waals surface area contributed by atoms with Gasteiger partial charge in [0.15, 0.2) is 5.78 Å². The van der Waals surface area contributed by atoms with Crippen molar-refractivity contribution in [2.45, 2.75) is 33.6 Å². The fourth-order valence-electron chi connectivity index (χ4n) is 3.74. The molecule has 0 aromatic heterocycles. The molecule has 0 heterocycles. The molecule has 6 nitrogen and oxygen atoms in total. The molecule has 1 N–H and O–H groups in total. The van der Waals surface area contributed by atoms with Crippen molar-refractivity contribution >= 4 is 22.9 Å². The number of ketones is 1. The molecule has 0 spiro atoms. The van der Waals surface area contributed by atoms with Crippen LogP contribution in [0.15, 0.2) is 29.4 Å². The monoisotopic (exact) mass is 301 g/mol. The number of hydrogen-bond acceptors (Lipinski definition) is 5. The predicted molar refractivity (Wildman–Crippen MR) is 83.8 cm³/mol. The van der Waals surface area contributed by atoms with Crippen LogP contribution in [0.3, 0.4) is 0 Å². The average molecular weight is 301 g/mol. The molecule has 2 aliphatic rings. The molecule has 2 saturated carbocycles. The van der Waals surface area contributed by atoms with Crippen LogP contribution in [0.4, 0.5) is 11.4 Å². The van der Waals surface area contributed by atoms with Gasteiger partial charge in [0.25, 0.3) is 5.69 Å². The number of carbonyl (C=O) groups excluding carboxylic acids is 1. The summed E-state index contributed by atoms with van der Waals surface area (Å²) in [4.78, 5) is 22.8. The number of benzene rings is 1. The largest absolute Gasteiger partial charge is 0.292 e. The molecule has 22 heavy (non-hydrogen) atoms. The maximum absolute atomic E-state index is 12.6. The van der Waals surface area contributed by atoms with Gasteiger partial charge in [-0.1, -0.05) is 20.8 Å². The Morgan fingerprint density at radius 3 is 2.41 bits per heavy atom. The molecule has 0 amide bonds. The summed E-state index contributed by atoms with van der Waals surface area (Å²) in [7, 11) is 0. The van der Waals surface area contributed by atoms with Gasteiger partial charge in [0.1, 0.15) is 5.71 Å². The second-order valence-corrected chi connectivity index (χ2v) is 6.89. The molecule has 3 rings (SSSR count). The van der Waals surface area contributed by atoms with E-state index in [0.717, 1.165) is 12.8 Å². The number of nitro groups is 1. The zero-order valence-electron chi connectivity index (χ0n) is 12.9. The normalized spacial score (nSPS) is 30.8. The van der Waals surface area contributed by atoms with E-state index in [2.05, 4.69) is 24.4 Å². The maximum Gasteiger partial charge on any atom is 0.269 e. The predicted octanol–water partition coefficient (Wildman–Crippen LogP) is 3.39. The summed E-state index contributed by atoms with van der Waals surface area (Å²) in [6.45, 7) is 6.30. The van der Waals surface area contributed by atoms with Crippen LogP contribution in [-0.2, 0) is 4.79 Å². The van der Waals surface area contributed by atoms with E-state index in [1.54, 1.807) is 12.1 Å². The highest BCUT2D eigenvalue weighted by molar-refractivity contribution is 6.45. The Labute approximate surface area is 128 Å². The van der Waals surface area contributed by atoms with E-state index in [1.165, 1.54) is 12.1 Å². The number of rotatable bonds is 3. The second kappa shape index (κ2) is 4.63. The van der Waals surface area contributed by atoms with Gasteiger partial charge in [-0.3, -0.25) is 20.3 Å². The second-order valence-electron chi connectivity index (χ2n) is 6.89. The SMILES string of the molecule is CC1(C)[C@@H]2CC[C@@]1(C)C(=O)/C2=N/Nc1ccc([N+](=O)[O-])cc1. The van der Waals surface area contributed by atoms with Gasteiger partial charge in [-0.05, 0) is 30.4 Å². The van der Waals surface area contributed by atoms with Gasteiger partial charge in [-0.15, -0.1) is 0 Å². The standard InChI is InChI=1S/C16H19N3O3/c1-15(2)12-8-9-16(15,3)14(20)13(12)18-17-10-4-6-11(7-5-10)19(21)22/h4-7,12,17H,8-9H2,1-3H3/b18-13+/t12-,16+/m1/s1. The number of non-ortho nitro benzene ring substituents is 1. The molecule has 1 aromatic carbocycles. The summed E-state index contributed by atoms with van der Waals surface area (Å²) in [6, 6.07) is 6.01. The quantitative estimate of drug-likeness (QED) is 0.685. The van der Waals surface area contributed by atoms with Crippen molar-refractivity contribution in [3.05, 3.63) is 34.4 Å². The number of fused-ring (bicyclic) bond motifs is 2. The van der Waals surface area contributed by atoms with E-state index in [-0.39, 0.29) is 28.2 Å². The van der Waals surface area contributed by atoms with E-state index in [0.29, 0.717) is 11.4 Å². The highest BCUT2D eigenvalue weighted by Crippen LogP contribution is 2.62. The van der Waals surface area contributed by atoms with Crippen LogP contribution in [0.25, 0.3) is 0 Å². The number of nitro benzene ring substituents is 1. The van der Waals surface area contributed by atoms with Gasteiger partial charge >= 0.3 is 0 Å². The van der Waals surface area contributed by atoms with Gasteiger partial charge in [-0.25, -0.2) is 0 Å². The Morgan fingerprint density at radius 2 is 1.91 bits per heavy atom. The number of Topliss-reactive ketones (excluding diaryl/α,β-unsaturated/α-hetero) is 1. The van der Waals surface area contributed by atoms with Crippen LogP contribution < -0.4 is 5.43 Å². The van der Waals surface area contributed by atoms with Crippen LogP contribution in [-0.4, -0.2) is 16.4 Å². The summed E-state index contributed by atoms with van der Waals surface area (Å²) in [5.41, 5.74) is 3.75. The van der Waals surface area contributed by atoms with Crippen molar-refractivity contribution < 1.29 is 9.72 Å². The first kappa shape index (κ1) is 14.7. The van der Waals surface area contributed by atoms with Crippen molar-refractivity contribution in [2.75, 3.05) is 5.43 Å².